The fourth-order valence-corrected chi connectivity index (χ4v) is 2.88. The van der Waals surface area contributed by atoms with Crippen LogP contribution in [0.2, 0.25) is 0 Å². The molecule has 6 heteroatoms. The van der Waals surface area contributed by atoms with Crippen LogP contribution in [0.5, 0.6) is 0 Å². The summed E-state index contributed by atoms with van der Waals surface area (Å²) < 4.78 is 39.1. The van der Waals surface area contributed by atoms with Crippen LogP contribution in [0.15, 0.2) is 47.6 Å². The standard InChI is InChI=1S/C13H13FN2O2S/c1-10-8-12(5-6-13(10)14)19(17,18)16(2)11-4-3-7-15-9-11/h3-9H,1-2H3. The highest BCUT2D eigenvalue weighted by atomic mass is 32.2. The number of hydrogen-bond donors (Lipinski definition) is 0. The van der Waals surface area contributed by atoms with Gasteiger partial charge in [-0.15, -0.1) is 0 Å². The monoisotopic (exact) mass is 280 g/mol. The Morgan fingerprint density at radius 1 is 1.26 bits per heavy atom. The third kappa shape index (κ3) is 2.58. The van der Waals surface area contributed by atoms with Crippen LogP contribution in [0.25, 0.3) is 0 Å². The van der Waals surface area contributed by atoms with E-state index in [0.717, 1.165) is 10.4 Å². The van der Waals surface area contributed by atoms with Gasteiger partial charge in [-0.1, -0.05) is 0 Å². The first-order valence-electron chi connectivity index (χ1n) is 5.58. The summed E-state index contributed by atoms with van der Waals surface area (Å²) in [6.07, 6.45) is 3.01. The number of rotatable bonds is 3. The van der Waals surface area contributed by atoms with Gasteiger partial charge in [0.1, 0.15) is 5.82 Å². The molecule has 2 rings (SSSR count). The quantitative estimate of drug-likeness (QED) is 0.867. The van der Waals surface area contributed by atoms with Gasteiger partial charge in [-0.3, -0.25) is 9.29 Å². The minimum absolute atomic E-state index is 0.0535. The molecule has 0 saturated carbocycles. The first-order chi connectivity index (χ1) is 8.93. The molecule has 0 fully saturated rings. The molecule has 1 heterocycles. The molecule has 0 amide bonds. The summed E-state index contributed by atoms with van der Waals surface area (Å²) in [4.78, 5) is 3.93. The van der Waals surface area contributed by atoms with E-state index in [-0.39, 0.29) is 4.90 Å². The Morgan fingerprint density at radius 2 is 2.00 bits per heavy atom. The highest BCUT2D eigenvalue weighted by Gasteiger charge is 2.21. The van der Waals surface area contributed by atoms with Crippen molar-refractivity contribution < 1.29 is 12.8 Å². The zero-order valence-electron chi connectivity index (χ0n) is 10.5. The summed E-state index contributed by atoms with van der Waals surface area (Å²) >= 11 is 0. The molecule has 0 saturated heterocycles. The van der Waals surface area contributed by atoms with Crippen molar-refractivity contribution >= 4 is 15.7 Å². The summed E-state index contributed by atoms with van der Waals surface area (Å²) in [5.74, 6) is -0.428. The largest absolute Gasteiger partial charge is 0.268 e. The zero-order chi connectivity index (χ0) is 14.0. The van der Waals surface area contributed by atoms with Gasteiger partial charge < -0.3 is 0 Å². The van der Waals surface area contributed by atoms with Gasteiger partial charge in [0.25, 0.3) is 10.0 Å². The van der Waals surface area contributed by atoms with Crippen LogP contribution in [0.3, 0.4) is 0 Å². The van der Waals surface area contributed by atoms with Gasteiger partial charge in [0.15, 0.2) is 0 Å². The van der Waals surface area contributed by atoms with E-state index in [2.05, 4.69) is 4.98 Å². The lowest BCUT2D eigenvalue weighted by Gasteiger charge is -2.19. The summed E-state index contributed by atoms with van der Waals surface area (Å²) in [5.41, 5.74) is 0.741. The number of hydrogen-bond acceptors (Lipinski definition) is 3. The van der Waals surface area contributed by atoms with E-state index in [9.17, 15) is 12.8 Å². The number of benzene rings is 1. The van der Waals surface area contributed by atoms with Crippen LogP contribution >= 0.6 is 0 Å². The second-order valence-corrected chi connectivity index (χ2v) is 6.06. The van der Waals surface area contributed by atoms with E-state index in [1.807, 2.05) is 0 Å². The van der Waals surface area contributed by atoms with E-state index in [1.54, 1.807) is 18.3 Å². The van der Waals surface area contributed by atoms with Crippen LogP contribution in [-0.2, 0) is 10.0 Å². The average molecular weight is 280 g/mol. The highest BCUT2D eigenvalue weighted by molar-refractivity contribution is 7.92. The molecule has 0 aliphatic rings. The molecule has 0 atom stereocenters. The molecule has 100 valence electrons. The molecule has 1 aromatic heterocycles. The van der Waals surface area contributed by atoms with E-state index >= 15 is 0 Å². The Labute approximate surface area is 111 Å². The Hall–Kier alpha value is -1.95. The Kier molecular flexibility index (Phi) is 3.53. The molecule has 1 aromatic carbocycles. The molecular weight excluding hydrogens is 267 g/mol. The number of pyridine rings is 1. The summed E-state index contributed by atoms with van der Waals surface area (Å²) in [6, 6.07) is 7.01. The molecule has 4 nitrogen and oxygen atoms in total. The van der Waals surface area contributed by atoms with Gasteiger partial charge in [-0.05, 0) is 42.8 Å². The van der Waals surface area contributed by atoms with Gasteiger partial charge in [-0.25, -0.2) is 12.8 Å². The lowest BCUT2D eigenvalue weighted by atomic mass is 10.2. The molecule has 0 unspecified atom stereocenters. The first-order valence-corrected chi connectivity index (χ1v) is 7.02. The van der Waals surface area contributed by atoms with Crippen molar-refractivity contribution in [2.45, 2.75) is 11.8 Å². The van der Waals surface area contributed by atoms with Crippen molar-refractivity contribution in [1.29, 1.82) is 0 Å². The van der Waals surface area contributed by atoms with Crippen molar-refractivity contribution in [3.8, 4) is 0 Å². The SMILES string of the molecule is Cc1cc(S(=O)(=O)N(C)c2cccnc2)ccc1F. The lowest BCUT2D eigenvalue weighted by Crippen LogP contribution is -2.26. The maximum atomic E-state index is 13.2. The third-order valence-corrected chi connectivity index (χ3v) is 4.58. The molecule has 0 bridgehead atoms. The van der Waals surface area contributed by atoms with Crippen LogP contribution < -0.4 is 4.31 Å². The van der Waals surface area contributed by atoms with Crippen molar-refractivity contribution in [3.63, 3.8) is 0 Å². The van der Waals surface area contributed by atoms with Crippen LogP contribution in [0.4, 0.5) is 10.1 Å². The van der Waals surface area contributed by atoms with E-state index in [4.69, 9.17) is 0 Å². The summed E-state index contributed by atoms with van der Waals surface area (Å²) in [6.45, 7) is 1.53. The second kappa shape index (κ2) is 4.97. The third-order valence-electron chi connectivity index (χ3n) is 2.80. The molecule has 19 heavy (non-hydrogen) atoms. The fourth-order valence-electron chi connectivity index (χ4n) is 1.61. The maximum absolute atomic E-state index is 13.2. The lowest BCUT2D eigenvalue weighted by molar-refractivity contribution is 0.592. The Morgan fingerprint density at radius 3 is 2.58 bits per heavy atom. The number of halogens is 1. The van der Waals surface area contributed by atoms with Gasteiger partial charge in [0, 0.05) is 13.2 Å². The fraction of sp³-hybridized carbons (Fsp3) is 0.154. The van der Waals surface area contributed by atoms with Gasteiger partial charge >= 0.3 is 0 Å². The van der Waals surface area contributed by atoms with Gasteiger partial charge in [0.2, 0.25) is 0 Å². The molecule has 0 spiro atoms. The van der Waals surface area contributed by atoms with Crippen LogP contribution in [0, 0.1) is 12.7 Å². The normalized spacial score (nSPS) is 11.3. The van der Waals surface area contributed by atoms with Crippen LogP contribution in [0.1, 0.15) is 5.56 Å². The summed E-state index contributed by atoms with van der Waals surface area (Å²) in [5, 5.41) is 0. The molecule has 0 aliphatic heterocycles. The van der Waals surface area contributed by atoms with Crippen molar-refractivity contribution in [2.75, 3.05) is 11.4 Å². The molecule has 2 aromatic rings. The smallest absolute Gasteiger partial charge is 0.264 e. The number of sulfonamides is 1. The van der Waals surface area contributed by atoms with Crippen molar-refractivity contribution in [1.82, 2.24) is 4.98 Å². The Balaban J connectivity index is 2.45. The number of anilines is 1. The molecular formula is C13H13FN2O2S. The van der Waals surface area contributed by atoms with Gasteiger partial charge in [-0.2, -0.15) is 0 Å². The predicted molar refractivity (Wildman–Crippen MR) is 71.0 cm³/mol. The minimum atomic E-state index is -3.70. The number of nitrogens with zero attached hydrogens (tertiary/aromatic N) is 2. The Bertz CT molecular complexity index is 687. The van der Waals surface area contributed by atoms with Crippen molar-refractivity contribution in [3.05, 3.63) is 54.1 Å². The number of aromatic nitrogens is 1. The van der Waals surface area contributed by atoms with Crippen LogP contribution in [-0.4, -0.2) is 20.4 Å². The predicted octanol–water partition coefficient (Wildman–Crippen LogP) is 2.35. The number of aryl methyl sites for hydroxylation is 1. The maximum Gasteiger partial charge on any atom is 0.264 e. The zero-order valence-corrected chi connectivity index (χ0v) is 11.4. The van der Waals surface area contributed by atoms with E-state index < -0.39 is 15.8 Å². The van der Waals surface area contributed by atoms with Crippen molar-refractivity contribution in [2.24, 2.45) is 0 Å². The topological polar surface area (TPSA) is 50.3 Å². The van der Waals surface area contributed by atoms with E-state index in [1.165, 1.54) is 32.3 Å². The molecule has 0 radical (unpaired) electrons. The summed E-state index contributed by atoms with van der Waals surface area (Å²) in [7, 11) is -2.27. The molecule has 0 N–H and O–H groups in total. The highest BCUT2D eigenvalue weighted by Crippen LogP contribution is 2.22. The van der Waals surface area contributed by atoms with Gasteiger partial charge in [0.05, 0.1) is 16.8 Å². The average Bonchev–Trinajstić information content (AvgIpc) is 2.41. The minimum Gasteiger partial charge on any atom is -0.268 e. The first kappa shape index (κ1) is 13.5. The van der Waals surface area contributed by atoms with E-state index in [0.29, 0.717) is 11.3 Å². The molecule has 0 aliphatic carbocycles. The second-order valence-electron chi connectivity index (χ2n) is 4.09.